The van der Waals surface area contributed by atoms with Crippen LogP contribution in [0.15, 0.2) is 18.2 Å². The quantitative estimate of drug-likeness (QED) is 0.840. The van der Waals surface area contributed by atoms with Crippen LogP contribution in [0, 0.1) is 6.92 Å². The minimum atomic E-state index is -0.855. The molecule has 0 aliphatic heterocycles. The zero-order chi connectivity index (χ0) is 12.3. The number of carboxylic acid groups (broad SMARTS) is 1. The molecule has 0 atom stereocenters. The molecule has 1 aliphatic carbocycles. The lowest BCUT2D eigenvalue weighted by Crippen LogP contribution is -2.23. The van der Waals surface area contributed by atoms with Gasteiger partial charge in [0.25, 0.3) is 0 Å². The van der Waals surface area contributed by atoms with Gasteiger partial charge in [0, 0.05) is 11.7 Å². The highest BCUT2D eigenvalue weighted by molar-refractivity contribution is 5.94. The van der Waals surface area contributed by atoms with Crippen LogP contribution in [-0.4, -0.2) is 17.1 Å². The van der Waals surface area contributed by atoms with Crippen molar-refractivity contribution in [2.24, 2.45) is 0 Å². The first kappa shape index (κ1) is 12.0. The van der Waals surface area contributed by atoms with Gasteiger partial charge in [-0.3, -0.25) is 0 Å². The van der Waals surface area contributed by atoms with Crippen molar-refractivity contribution in [3.05, 3.63) is 29.3 Å². The fourth-order valence-corrected chi connectivity index (χ4v) is 2.43. The monoisotopic (exact) mass is 233 g/mol. The van der Waals surface area contributed by atoms with Crippen molar-refractivity contribution in [2.75, 3.05) is 5.32 Å². The van der Waals surface area contributed by atoms with E-state index >= 15 is 0 Å². The minimum Gasteiger partial charge on any atom is -0.478 e. The number of anilines is 1. The molecule has 0 radical (unpaired) electrons. The highest BCUT2D eigenvalue weighted by Crippen LogP contribution is 2.24. The Morgan fingerprint density at radius 3 is 2.65 bits per heavy atom. The van der Waals surface area contributed by atoms with Gasteiger partial charge >= 0.3 is 5.97 Å². The maximum Gasteiger partial charge on any atom is 0.337 e. The second kappa shape index (κ2) is 5.21. The summed E-state index contributed by atoms with van der Waals surface area (Å²) in [5, 5.41) is 12.6. The van der Waals surface area contributed by atoms with Crippen LogP contribution in [0.3, 0.4) is 0 Å². The predicted molar refractivity (Wildman–Crippen MR) is 68.6 cm³/mol. The smallest absolute Gasteiger partial charge is 0.337 e. The highest BCUT2D eigenvalue weighted by atomic mass is 16.4. The number of hydrogen-bond donors (Lipinski definition) is 2. The Bertz CT molecular complexity index is 409. The Morgan fingerprint density at radius 1 is 1.29 bits per heavy atom. The van der Waals surface area contributed by atoms with E-state index < -0.39 is 5.97 Å². The van der Waals surface area contributed by atoms with E-state index in [0.717, 1.165) is 24.1 Å². The Balaban J connectivity index is 2.16. The molecule has 1 fully saturated rings. The van der Waals surface area contributed by atoms with E-state index in [1.165, 1.54) is 19.3 Å². The van der Waals surface area contributed by atoms with E-state index in [0.29, 0.717) is 11.6 Å². The van der Waals surface area contributed by atoms with E-state index in [1.54, 1.807) is 6.07 Å². The summed E-state index contributed by atoms with van der Waals surface area (Å²) < 4.78 is 0. The van der Waals surface area contributed by atoms with E-state index in [4.69, 9.17) is 0 Å². The van der Waals surface area contributed by atoms with Gasteiger partial charge in [-0.2, -0.15) is 0 Å². The van der Waals surface area contributed by atoms with Gasteiger partial charge in [0.05, 0.1) is 5.56 Å². The van der Waals surface area contributed by atoms with Gasteiger partial charge in [0.15, 0.2) is 0 Å². The number of carbonyl (C=O) groups is 1. The van der Waals surface area contributed by atoms with Crippen LogP contribution in [0.2, 0.25) is 0 Å². The standard InChI is InChI=1S/C14H19NO2/c1-10-7-8-13(12(9-10)14(16)17)15-11-5-3-2-4-6-11/h7-9,11,15H,2-6H2,1H3,(H,16,17). The number of aromatic carboxylic acids is 1. The van der Waals surface area contributed by atoms with Crippen molar-refractivity contribution < 1.29 is 9.90 Å². The summed E-state index contributed by atoms with van der Waals surface area (Å²) in [7, 11) is 0. The first-order valence-corrected chi connectivity index (χ1v) is 6.27. The lowest BCUT2D eigenvalue weighted by atomic mass is 9.95. The van der Waals surface area contributed by atoms with Crippen molar-refractivity contribution in [2.45, 2.75) is 45.1 Å². The Kier molecular flexibility index (Phi) is 3.67. The number of hydrogen-bond acceptors (Lipinski definition) is 2. The molecule has 0 bridgehead atoms. The number of benzene rings is 1. The zero-order valence-corrected chi connectivity index (χ0v) is 10.2. The molecule has 1 aromatic rings. The second-order valence-electron chi connectivity index (χ2n) is 4.83. The first-order chi connectivity index (χ1) is 8.16. The van der Waals surface area contributed by atoms with Gasteiger partial charge in [-0.1, -0.05) is 30.9 Å². The largest absolute Gasteiger partial charge is 0.478 e. The van der Waals surface area contributed by atoms with Gasteiger partial charge in [0.2, 0.25) is 0 Å². The maximum absolute atomic E-state index is 11.2. The van der Waals surface area contributed by atoms with Gasteiger partial charge in [0.1, 0.15) is 0 Å². The molecule has 2 rings (SSSR count). The molecule has 0 unspecified atom stereocenters. The third-order valence-corrected chi connectivity index (χ3v) is 3.37. The molecular formula is C14H19NO2. The minimum absolute atomic E-state index is 0.385. The normalized spacial score (nSPS) is 16.8. The molecule has 1 aliphatic rings. The summed E-state index contributed by atoms with van der Waals surface area (Å²) in [5.41, 5.74) is 2.13. The third kappa shape index (κ3) is 2.99. The molecular weight excluding hydrogens is 214 g/mol. The van der Waals surface area contributed by atoms with Crippen LogP contribution >= 0.6 is 0 Å². The molecule has 2 N–H and O–H groups in total. The van der Waals surface area contributed by atoms with Crippen molar-refractivity contribution >= 4 is 11.7 Å². The summed E-state index contributed by atoms with van der Waals surface area (Å²) >= 11 is 0. The van der Waals surface area contributed by atoms with Crippen molar-refractivity contribution in [1.82, 2.24) is 0 Å². The summed E-state index contributed by atoms with van der Waals surface area (Å²) in [6.07, 6.45) is 6.08. The van der Waals surface area contributed by atoms with Gasteiger partial charge in [-0.05, 0) is 31.9 Å². The molecule has 92 valence electrons. The third-order valence-electron chi connectivity index (χ3n) is 3.37. The fourth-order valence-electron chi connectivity index (χ4n) is 2.43. The van der Waals surface area contributed by atoms with Crippen molar-refractivity contribution in [3.63, 3.8) is 0 Å². The number of carboxylic acids is 1. The van der Waals surface area contributed by atoms with Gasteiger partial charge < -0.3 is 10.4 Å². The summed E-state index contributed by atoms with van der Waals surface area (Å²) in [6.45, 7) is 1.91. The number of nitrogens with one attached hydrogen (secondary N) is 1. The SMILES string of the molecule is Cc1ccc(NC2CCCCC2)c(C(=O)O)c1. The lowest BCUT2D eigenvalue weighted by Gasteiger charge is -2.24. The van der Waals surface area contributed by atoms with Crippen molar-refractivity contribution in [3.8, 4) is 0 Å². The molecule has 1 aromatic carbocycles. The Morgan fingerprint density at radius 2 is 2.00 bits per heavy atom. The molecule has 0 aromatic heterocycles. The average molecular weight is 233 g/mol. The predicted octanol–water partition coefficient (Wildman–Crippen LogP) is 3.44. The van der Waals surface area contributed by atoms with E-state index in [9.17, 15) is 9.90 Å². The summed E-state index contributed by atoms with van der Waals surface area (Å²) in [5.74, 6) is -0.855. The fraction of sp³-hybridized carbons (Fsp3) is 0.500. The van der Waals surface area contributed by atoms with Crippen LogP contribution in [-0.2, 0) is 0 Å². The molecule has 3 nitrogen and oxygen atoms in total. The van der Waals surface area contributed by atoms with Gasteiger partial charge in [-0.15, -0.1) is 0 Å². The van der Waals surface area contributed by atoms with Crippen LogP contribution < -0.4 is 5.32 Å². The van der Waals surface area contributed by atoms with E-state index in [1.807, 2.05) is 19.1 Å². The topological polar surface area (TPSA) is 49.3 Å². The molecule has 1 saturated carbocycles. The van der Waals surface area contributed by atoms with Crippen LogP contribution in [0.25, 0.3) is 0 Å². The molecule has 3 heteroatoms. The molecule has 0 heterocycles. The molecule has 0 spiro atoms. The van der Waals surface area contributed by atoms with Crippen LogP contribution in [0.1, 0.15) is 48.0 Å². The Hall–Kier alpha value is -1.51. The molecule has 17 heavy (non-hydrogen) atoms. The van der Waals surface area contributed by atoms with E-state index in [-0.39, 0.29) is 0 Å². The summed E-state index contributed by atoms with van der Waals surface area (Å²) in [4.78, 5) is 11.2. The van der Waals surface area contributed by atoms with Gasteiger partial charge in [-0.25, -0.2) is 4.79 Å². The lowest BCUT2D eigenvalue weighted by molar-refractivity contribution is 0.0698. The zero-order valence-electron chi connectivity index (χ0n) is 10.2. The van der Waals surface area contributed by atoms with Crippen LogP contribution in [0.5, 0.6) is 0 Å². The summed E-state index contributed by atoms with van der Waals surface area (Å²) in [6, 6.07) is 6.00. The van der Waals surface area contributed by atoms with Crippen LogP contribution in [0.4, 0.5) is 5.69 Å². The second-order valence-corrected chi connectivity index (χ2v) is 4.83. The van der Waals surface area contributed by atoms with E-state index in [2.05, 4.69) is 5.32 Å². The molecule has 0 saturated heterocycles. The Labute approximate surface area is 102 Å². The van der Waals surface area contributed by atoms with Crippen molar-refractivity contribution in [1.29, 1.82) is 0 Å². The average Bonchev–Trinajstić information content (AvgIpc) is 2.32. The maximum atomic E-state index is 11.2. The molecule has 0 amide bonds. The number of rotatable bonds is 3. The highest BCUT2D eigenvalue weighted by Gasteiger charge is 2.16. The number of aryl methyl sites for hydroxylation is 1. The first-order valence-electron chi connectivity index (χ1n) is 6.27.